The number of sulfonamides is 1. The van der Waals surface area contributed by atoms with Crippen LogP contribution in [0.2, 0.25) is 0 Å². The van der Waals surface area contributed by atoms with Crippen molar-refractivity contribution in [1.82, 2.24) is 20.2 Å². The topological polar surface area (TPSA) is 114 Å². The third kappa shape index (κ3) is 6.00. The van der Waals surface area contributed by atoms with Gasteiger partial charge in [-0.15, -0.1) is 10.2 Å². The third-order valence-electron chi connectivity index (χ3n) is 5.14. The second-order valence-corrected chi connectivity index (χ2v) is 10.2. The van der Waals surface area contributed by atoms with Crippen molar-refractivity contribution < 1.29 is 17.6 Å². The van der Waals surface area contributed by atoms with Crippen LogP contribution in [-0.4, -0.2) is 30.6 Å². The molecular weight excluding hydrogens is 464 g/mol. The van der Waals surface area contributed by atoms with E-state index < -0.39 is 10.0 Å². The van der Waals surface area contributed by atoms with Crippen LogP contribution < -0.4 is 10.0 Å². The van der Waals surface area contributed by atoms with Crippen LogP contribution in [0.25, 0.3) is 22.9 Å². The first-order valence-electron chi connectivity index (χ1n) is 11.1. The molecule has 0 bridgehead atoms. The summed E-state index contributed by atoms with van der Waals surface area (Å²) in [5.41, 5.74) is 3.77. The molecule has 3 aromatic carbocycles. The number of amides is 1. The Hall–Kier alpha value is -3.82. The minimum Gasteiger partial charge on any atom is -0.416 e. The summed E-state index contributed by atoms with van der Waals surface area (Å²) in [7, 11) is -3.60. The molecule has 8 nitrogen and oxygen atoms in total. The van der Waals surface area contributed by atoms with Crippen LogP contribution in [0.15, 0.2) is 82.1 Å². The molecule has 0 saturated carbocycles. The van der Waals surface area contributed by atoms with E-state index in [1.54, 1.807) is 56.3 Å². The first-order chi connectivity index (χ1) is 16.7. The summed E-state index contributed by atoms with van der Waals surface area (Å²) in [6.07, 6.45) is 0. The van der Waals surface area contributed by atoms with Gasteiger partial charge in [0, 0.05) is 29.3 Å². The van der Waals surface area contributed by atoms with E-state index in [2.05, 4.69) is 20.2 Å². The number of aryl methyl sites for hydroxylation is 1. The first kappa shape index (κ1) is 24.3. The van der Waals surface area contributed by atoms with E-state index in [-0.39, 0.29) is 23.4 Å². The molecule has 0 aliphatic carbocycles. The Kier molecular flexibility index (Phi) is 7.09. The number of carbonyl (C=O) groups is 1. The fourth-order valence-electron chi connectivity index (χ4n) is 3.48. The predicted molar refractivity (Wildman–Crippen MR) is 133 cm³/mol. The lowest BCUT2D eigenvalue weighted by Gasteiger charge is -2.11. The zero-order valence-corrected chi connectivity index (χ0v) is 20.5. The summed E-state index contributed by atoms with van der Waals surface area (Å²) >= 11 is 0. The van der Waals surface area contributed by atoms with Gasteiger partial charge in [-0.25, -0.2) is 13.1 Å². The van der Waals surface area contributed by atoms with E-state index in [1.165, 1.54) is 6.07 Å². The molecule has 0 aliphatic rings. The van der Waals surface area contributed by atoms with Crippen molar-refractivity contribution in [2.45, 2.75) is 38.3 Å². The van der Waals surface area contributed by atoms with Crippen LogP contribution in [-0.2, 0) is 16.6 Å². The van der Waals surface area contributed by atoms with E-state index in [9.17, 15) is 13.2 Å². The van der Waals surface area contributed by atoms with Crippen molar-refractivity contribution in [1.29, 1.82) is 0 Å². The molecule has 0 unspecified atom stereocenters. The summed E-state index contributed by atoms with van der Waals surface area (Å²) in [6, 6.07) is 20.9. The van der Waals surface area contributed by atoms with Gasteiger partial charge >= 0.3 is 0 Å². The molecule has 2 N–H and O–H groups in total. The minimum absolute atomic E-state index is 0.159. The molecule has 9 heteroatoms. The fourth-order valence-corrected chi connectivity index (χ4v) is 4.81. The van der Waals surface area contributed by atoms with Crippen LogP contribution in [0.4, 0.5) is 0 Å². The largest absolute Gasteiger partial charge is 0.416 e. The number of rotatable bonds is 8. The van der Waals surface area contributed by atoms with Gasteiger partial charge in [0.15, 0.2) is 0 Å². The molecular formula is C26H26N4O4S. The quantitative estimate of drug-likeness (QED) is 0.380. The van der Waals surface area contributed by atoms with E-state index in [0.29, 0.717) is 28.5 Å². The Morgan fingerprint density at radius 1 is 0.914 bits per heavy atom. The Morgan fingerprint density at radius 3 is 2.29 bits per heavy atom. The van der Waals surface area contributed by atoms with Gasteiger partial charge in [0.1, 0.15) is 0 Å². The SMILES string of the molecule is Cc1cccc(-c2nnc(-c3ccc(C(=O)NCc4cccc(S(=O)(=O)NC(C)C)c4)cc3)o2)c1. The zero-order valence-electron chi connectivity index (χ0n) is 19.6. The molecule has 4 aromatic rings. The minimum atomic E-state index is -3.60. The first-order valence-corrected chi connectivity index (χ1v) is 12.6. The van der Waals surface area contributed by atoms with Crippen molar-refractivity contribution in [3.05, 3.63) is 89.5 Å². The molecule has 0 radical (unpaired) electrons. The van der Waals surface area contributed by atoms with Gasteiger partial charge in [0.05, 0.1) is 4.90 Å². The normalized spacial score (nSPS) is 11.5. The summed E-state index contributed by atoms with van der Waals surface area (Å²) in [4.78, 5) is 12.8. The number of carbonyl (C=O) groups excluding carboxylic acids is 1. The maximum Gasteiger partial charge on any atom is 0.251 e. The van der Waals surface area contributed by atoms with Gasteiger partial charge in [0.25, 0.3) is 5.91 Å². The molecule has 0 fully saturated rings. The van der Waals surface area contributed by atoms with E-state index in [4.69, 9.17) is 4.42 Å². The highest BCUT2D eigenvalue weighted by molar-refractivity contribution is 7.89. The summed E-state index contributed by atoms with van der Waals surface area (Å²) < 4.78 is 33.1. The lowest BCUT2D eigenvalue weighted by atomic mass is 10.1. The van der Waals surface area contributed by atoms with Crippen molar-refractivity contribution in [2.24, 2.45) is 0 Å². The predicted octanol–water partition coefficient (Wildman–Crippen LogP) is 4.33. The summed E-state index contributed by atoms with van der Waals surface area (Å²) in [5.74, 6) is 0.510. The molecule has 0 spiro atoms. The second-order valence-electron chi connectivity index (χ2n) is 8.47. The Bertz CT molecular complexity index is 1440. The molecule has 0 atom stereocenters. The molecule has 1 amide bonds. The highest BCUT2D eigenvalue weighted by atomic mass is 32.2. The lowest BCUT2D eigenvalue weighted by molar-refractivity contribution is 0.0951. The second kappa shape index (κ2) is 10.2. The van der Waals surface area contributed by atoms with E-state index in [1.807, 2.05) is 31.2 Å². The Morgan fingerprint density at radius 2 is 1.60 bits per heavy atom. The molecule has 1 aromatic heterocycles. The van der Waals surface area contributed by atoms with Crippen molar-refractivity contribution >= 4 is 15.9 Å². The molecule has 4 rings (SSSR count). The Labute approximate surface area is 204 Å². The maximum absolute atomic E-state index is 12.6. The van der Waals surface area contributed by atoms with Crippen LogP contribution >= 0.6 is 0 Å². The highest BCUT2D eigenvalue weighted by Gasteiger charge is 2.16. The van der Waals surface area contributed by atoms with Gasteiger partial charge in [-0.1, -0.05) is 29.8 Å². The van der Waals surface area contributed by atoms with Crippen LogP contribution in [0, 0.1) is 6.92 Å². The lowest BCUT2D eigenvalue weighted by Crippen LogP contribution is -2.30. The van der Waals surface area contributed by atoms with Crippen LogP contribution in [0.1, 0.15) is 35.3 Å². The molecule has 180 valence electrons. The highest BCUT2D eigenvalue weighted by Crippen LogP contribution is 2.24. The van der Waals surface area contributed by atoms with Crippen LogP contribution in [0.3, 0.4) is 0 Å². The van der Waals surface area contributed by atoms with Crippen LogP contribution in [0.5, 0.6) is 0 Å². The van der Waals surface area contributed by atoms with E-state index in [0.717, 1.165) is 11.1 Å². The zero-order chi connectivity index (χ0) is 25.0. The third-order valence-corrected chi connectivity index (χ3v) is 6.79. The Balaban J connectivity index is 1.41. The molecule has 35 heavy (non-hydrogen) atoms. The van der Waals surface area contributed by atoms with Gasteiger partial charge in [-0.2, -0.15) is 0 Å². The van der Waals surface area contributed by atoms with E-state index >= 15 is 0 Å². The summed E-state index contributed by atoms with van der Waals surface area (Å²) in [6.45, 7) is 5.70. The average molecular weight is 491 g/mol. The number of aromatic nitrogens is 2. The number of hydrogen-bond acceptors (Lipinski definition) is 6. The average Bonchev–Trinajstić information content (AvgIpc) is 3.33. The van der Waals surface area contributed by atoms with Gasteiger partial charge in [-0.3, -0.25) is 4.79 Å². The maximum atomic E-state index is 12.6. The number of nitrogens with one attached hydrogen (secondary N) is 2. The molecule has 0 aliphatic heterocycles. The fraction of sp³-hybridized carbons (Fsp3) is 0.192. The van der Waals surface area contributed by atoms with Crippen molar-refractivity contribution in [3.63, 3.8) is 0 Å². The van der Waals surface area contributed by atoms with Crippen molar-refractivity contribution in [3.8, 4) is 22.9 Å². The molecule has 0 saturated heterocycles. The number of hydrogen-bond donors (Lipinski definition) is 2. The van der Waals surface area contributed by atoms with Gasteiger partial charge < -0.3 is 9.73 Å². The number of nitrogens with zero attached hydrogens (tertiary/aromatic N) is 2. The van der Waals surface area contributed by atoms with Crippen molar-refractivity contribution in [2.75, 3.05) is 0 Å². The standard InChI is InChI=1S/C26H26N4O4S/c1-17(2)30-35(32,33)23-9-5-7-19(15-23)16-27-24(31)20-10-12-21(13-11-20)25-28-29-26(34-25)22-8-4-6-18(3)14-22/h4-15,17,30H,16H2,1-3H3,(H,27,31). The number of benzene rings is 3. The monoisotopic (exact) mass is 490 g/mol. The van der Waals surface area contributed by atoms with Gasteiger partial charge in [0.2, 0.25) is 21.8 Å². The molecule has 1 heterocycles. The van der Waals surface area contributed by atoms with Gasteiger partial charge in [-0.05, 0) is 74.9 Å². The smallest absolute Gasteiger partial charge is 0.251 e. The summed E-state index contributed by atoms with van der Waals surface area (Å²) in [5, 5.41) is 11.1.